The number of nitrogens with zero attached hydrogens (tertiary/aromatic N) is 2. The van der Waals surface area contributed by atoms with Crippen LogP contribution in [0.2, 0.25) is 0 Å². The van der Waals surface area contributed by atoms with E-state index in [1.807, 2.05) is 6.07 Å². The topological polar surface area (TPSA) is 124 Å². The molecule has 2 aromatic rings. The van der Waals surface area contributed by atoms with E-state index < -0.39 is 11.9 Å². The summed E-state index contributed by atoms with van der Waals surface area (Å²) >= 11 is 0. The van der Waals surface area contributed by atoms with Crippen LogP contribution in [-0.2, 0) is 14.4 Å². The van der Waals surface area contributed by atoms with Crippen molar-refractivity contribution in [2.75, 3.05) is 0 Å². The molecule has 8 nitrogen and oxygen atoms in total. The van der Waals surface area contributed by atoms with Crippen LogP contribution in [0.4, 0.5) is 0 Å². The van der Waals surface area contributed by atoms with Gasteiger partial charge in [-0.15, -0.1) is 0 Å². The Bertz CT molecular complexity index is 951. The maximum atomic E-state index is 12.5. The van der Waals surface area contributed by atoms with Crippen molar-refractivity contribution in [3.05, 3.63) is 40.4 Å². The quantitative estimate of drug-likeness (QED) is 0.568. The van der Waals surface area contributed by atoms with Crippen molar-refractivity contribution in [3.63, 3.8) is 0 Å². The van der Waals surface area contributed by atoms with Crippen LogP contribution >= 0.6 is 0 Å². The SMILES string of the molecule is CCCCCCC(N)=O.Cc1nc2ccccc2c(=O)n1C1CCC(=O)NC1=O. The summed E-state index contributed by atoms with van der Waals surface area (Å²) in [6, 6.07) is 6.35. The van der Waals surface area contributed by atoms with E-state index in [1.165, 1.54) is 17.4 Å². The number of rotatable bonds is 6. The van der Waals surface area contributed by atoms with Gasteiger partial charge >= 0.3 is 0 Å². The molecular weight excluding hydrogens is 372 g/mol. The predicted octanol–water partition coefficient (Wildman–Crippen LogP) is 2.12. The van der Waals surface area contributed by atoms with E-state index in [1.54, 1.807) is 25.1 Å². The predicted molar refractivity (Wildman–Crippen MR) is 110 cm³/mol. The fourth-order valence-electron chi connectivity index (χ4n) is 3.28. The number of imide groups is 1. The van der Waals surface area contributed by atoms with E-state index >= 15 is 0 Å². The first kappa shape index (κ1) is 22.3. The Kier molecular flexibility index (Phi) is 8.06. The first-order valence-corrected chi connectivity index (χ1v) is 9.95. The van der Waals surface area contributed by atoms with Gasteiger partial charge in [0.1, 0.15) is 11.9 Å². The Morgan fingerprint density at radius 2 is 1.93 bits per heavy atom. The van der Waals surface area contributed by atoms with Crippen LogP contribution in [0.3, 0.4) is 0 Å². The lowest BCUT2D eigenvalue weighted by molar-refractivity contribution is -0.135. The second kappa shape index (κ2) is 10.5. The zero-order valence-corrected chi connectivity index (χ0v) is 16.9. The molecule has 8 heteroatoms. The minimum absolute atomic E-state index is 0.175. The van der Waals surface area contributed by atoms with Gasteiger partial charge in [-0.3, -0.25) is 29.1 Å². The van der Waals surface area contributed by atoms with Gasteiger partial charge in [0.05, 0.1) is 10.9 Å². The lowest BCUT2D eigenvalue weighted by Crippen LogP contribution is -2.45. The van der Waals surface area contributed by atoms with E-state index in [0.717, 1.165) is 12.8 Å². The van der Waals surface area contributed by atoms with Gasteiger partial charge in [0, 0.05) is 12.8 Å². The molecule has 0 aliphatic carbocycles. The second-order valence-corrected chi connectivity index (χ2v) is 7.10. The van der Waals surface area contributed by atoms with Crippen molar-refractivity contribution in [2.45, 2.75) is 64.8 Å². The molecule has 1 saturated heterocycles. The number of carbonyl (C=O) groups excluding carboxylic acids is 3. The lowest BCUT2D eigenvalue weighted by atomic mass is 10.1. The number of carbonyl (C=O) groups is 3. The van der Waals surface area contributed by atoms with Gasteiger partial charge in [0.2, 0.25) is 17.7 Å². The third-order valence-corrected chi connectivity index (χ3v) is 4.78. The number of unbranched alkanes of at least 4 members (excludes halogenated alkanes) is 3. The average molecular weight is 400 g/mol. The number of hydrogen-bond donors (Lipinski definition) is 2. The molecule has 1 aromatic heterocycles. The molecule has 2 heterocycles. The minimum atomic E-state index is -0.669. The van der Waals surface area contributed by atoms with Gasteiger partial charge in [0.25, 0.3) is 5.56 Å². The van der Waals surface area contributed by atoms with E-state index in [2.05, 4.69) is 17.2 Å². The second-order valence-electron chi connectivity index (χ2n) is 7.10. The molecule has 29 heavy (non-hydrogen) atoms. The summed E-state index contributed by atoms with van der Waals surface area (Å²) < 4.78 is 1.38. The van der Waals surface area contributed by atoms with Gasteiger partial charge in [-0.25, -0.2) is 4.98 Å². The molecule has 0 spiro atoms. The smallest absolute Gasteiger partial charge is 0.262 e. The number of hydrogen-bond acceptors (Lipinski definition) is 5. The highest BCUT2D eigenvalue weighted by molar-refractivity contribution is 5.99. The molecule has 1 aliphatic heterocycles. The number of para-hydroxylation sites is 1. The molecule has 3 amide bonds. The number of piperidine rings is 1. The van der Waals surface area contributed by atoms with Crippen LogP contribution in [0.1, 0.15) is 63.7 Å². The highest BCUT2D eigenvalue weighted by Gasteiger charge is 2.30. The Balaban J connectivity index is 0.000000284. The summed E-state index contributed by atoms with van der Waals surface area (Å²) in [5.41, 5.74) is 5.30. The molecule has 1 fully saturated rings. The number of aryl methyl sites for hydroxylation is 1. The van der Waals surface area contributed by atoms with Crippen molar-refractivity contribution in [1.29, 1.82) is 0 Å². The van der Waals surface area contributed by atoms with Gasteiger partial charge in [-0.2, -0.15) is 0 Å². The van der Waals surface area contributed by atoms with Crippen LogP contribution in [0, 0.1) is 6.92 Å². The number of amides is 3. The molecule has 1 aliphatic rings. The number of nitrogens with two attached hydrogens (primary N) is 1. The number of benzene rings is 1. The third-order valence-electron chi connectivity index (χ3n) is 4.78. The third kappa shape index (κ3) is 5.97. The number of aromatic nitrogens is 2. The monoisotopic (exact) mass is 400 g/mol. The molecular formula is C21H28N4O4. The normalized spacial score (nSPS) is 16.1. The van der Waals surface area contributed by atoms with Crippen molar-refractivity contribution in [2.24, 2.45) is 5.73 Å². The van der Waals surface area contributed by atoms with Crippen molar-refractivity contribution < 1.29 is 14.4 Å². The maximum absolute atomic E-state index is 12.5. The van der Waals surface area contributed by atoms with Gasteiger partial charge in [0.15, 0.2) is 0 Å². The Morgan fingerprint density at radius 3 is 2.59 bits per heavy atom. The molecule has 1 unspecified atom stereocenters. The average Bonchev–Trinajstić information content (AvgIpc) is 2.67. The number of nitrogens with one attached hydrogen (secondary N) is 1. The fraction of sp³-hybridized carbons (Fsp3) is 0.476. The highest BCUT2D eigenvalue weighted by Crippen LogP contribution is 2.19. The van der Waals surface area contributed by atoms with Crippen molar-refractivity contribution in [1.82, 2.24) is 14.9 Å². The van der Waals surface area contributed by atoms with Gasteiger partial charge in [-0.05, 0) is 31.9 Å². The standard InChI is InChI=1S/C14H13N3O3.C7H15NO/c1-8-15-10-5-3-2-4-9(10)14(20)17(8)11-6-7-12(18)16-13(11)19;1-2-3-4-5-6-7(8)9/h2-5,11H,6-7H2,1H3,(H,16,18,19);2-6H2,1H3,(H2,8,9). The van der Waals surface area contributed by atoms with Crippen LogP contribution in [0.5, 0.6) is 0 Å². The van der Waals surface area contributed by atoms with E-state index in [4.69, 9.17) is 5.73 Å². The Hall–Kier alpha value is -3.03. The molecule has 0 bridgehead atoms. The molecule has 0 saturated carbocycles. The van der Waals surface area contributed by atoms with Crippen LogP contribution < -0.4 is 16.6 Å². The number of primary amides is 1. The summed E-state index contributed by atoms with van der Waals surface area (Å²) in [5, 5.41) is 2.74. The number of fused-ring (bicyclic) bond motifs is 1. The zero-order valence-electron chi connectivity index (χ0n) is 16.9. The molecule has 3 N–H and O–H groups in total. The van der Waals surface area contributed by atoms with Crippen LogP contribution in [0.25, 0.3) is 10.9 Å². The van der Waals surface area contributed by atoms with Crippen LogP contribution in [-0.4, -0.2) is 27.3 Å². The summed E-state index contributed by atoms with van der Waals surface area (Å²) in [5.74, 6) is -0.441. The Labute approximate surface area is 169 Å². The maximum Gasteiger partial charge on any atom is 0.262 e. The lowest BCUT2D eigenvalue weighted by Gasteiger charge is -2.24. The molecule has 1 atom stereocenters. The summed E-state index contributed by atoms with van der Waals surface area (Å²) in [7, 11) is 0. The molecule has 1 aromatic carbocycles. The van der Waals surface area contributed by atoms with Gasteiger partial charge < -0.3 is 5.73 Å². The minimum Gasteiger partial charge on any atom is -0.370 e. The first-order valence-electron chi connectivity index (χ1n) is 9.95. The fourth-order valence-corrected chi connectivity index (χ4v) is 3.28. The molecule has 156 valence electrons. The molecule has 0 radical (unpaired) electrons. The van der Waals surface area contributed by atoms with E-state index in [9.17, 15) is 19.2 Å². The summed E-state index contributed by atoms with van der Waals surface area (Å²) in [4.78, 5) is 50.2. The summed E-state index contributed by atoms with van der Waals surface area (Å²) in [6.45, 7) is 3.84. The van der Waals surface area contributed by atoms with Crippen molar-refractivity contribution in [3.8, 4) is 0 Å². The highest BCUT2D eigenvalue weighted by atomic mass is 16.2. The zero-order chi connectivity index (χ0) is 21.4. The molecule has 3 rings (SSSR count). The first-order chi connectivity index (χ1) is 13.8. The Morgan fingerprint density at radius 1 is 1.21 bits per heavy atom. The van der Waals surface area contributed by atoms with Gasteiger partial charge in [-0.1, -0.05) is 38.3 Å². The van der Waals surface area contributed by atoms with Crippen LogP contribution in [0.15, 0.2) is 29.1 Å². The van der Waals surface area contributed by atoms with E-state index in [0.29, 0.717) is 29.6 Å². The van der Waals surface area contributed by atoms with Crippen molar-refractivity contribution >= 4 is 28.6 Å². The largest absolute Gasteiger partial charge is 0.370 e. The summed E-state index contributed by atoms with van der Waals surface area (Å²) in [6.07, 6.45) is 5.63. The van der Waals surface area contributed by atoms with E-state index in [-0.39, 0.29) is 23.8 Å².